The van der Waals surface area contributed by atoms with Crippen molar-refractivity contribution in [2.45, 2.75) is 17.7 Å². The van der Waals surface area contributed by atoms with Gasteiger partial charge in [-0.05, 0) is 25.0 Å². The molecular formula is C12H15FN2S. The van der Waals surface area contributed by atoms with Crippen LogP contribution in [0.1, 0.15) is 12.8 Å². The predicted molar refractivity (Wildman–Crippen MR) is 65.7 cm³/mol. The first-order valence-corrected chi connectivity index (χ1v) is 6.45. The third-order valence-corrected chi connectivity index (χ3v) is 3.75. The van der Waals surface area contributed by atoms with Gasteiger partial charge in [0, 0.05) is 18.0 Å². The fourth-order valence-electron chi connectivity index (χ4n) is 1.79. The van der Waals surface area contributed by atoms with Gasteiger partial charge in [0.25, 0.3) is 0 Å². The van der Waals surface area contributed by atoms with Crippen LogP contribution in [0.5, 0.6) is 0 Å². The molecule has 1 N–H and O–H groups in total. The highest BCUT2D eigenvalue weighted by molar-refractivity contribution is 8.00. The van der Waals surface area contributed by atoms with E-state index in [0.29, 0.717) is 16.5 Å². The zero-order chi connectivity index (χ0) is 11.4. The second-order valence-corrected chi connectivity index (χ2v) is 4.88. The molecule has 1 aliphatic rings. The van der Waals surface area contributed by atoms with Crippen molar-refractivity contribution in [2.75, 3.05) is 18.8 Å². The Morgan fingerprint density at radius 3 is 2.69 bits per heavy atom. The van der Waals surface area contributed by atoms with Crippen molar-refractivity contribution in [2.24, 2.45) is 0 Å². The maximum Gasteiger partial charge on any atom is 0.136 e. The van der Waals surface area contributed by atoms with E-state index < -0.39 is 0 Å². The van der Waals surface area contributed by atoms with Gasteiger partial charge < -0.3 is 4.90 Å². The van der Waals surface area contributed by atoms with Crippen LogP contribution < -0.4 is 0 Å². The molecule has 86 valence electrons. The minimum atomic E-state index is -0.193. The summed E-state index contributed by atoms with van der Waals surface area (Å²) in [5.74, 6) is 0.980. The van der Waals surface area contributed by atoms with E-state index >= 15 is 0 Å². The summed E-state index contributed by atoms with van der Waals surface area (Å²) in [6, 6.07) is 6.73. The normalized spacial score (nSPS) is 15.4. The molecule has 0 saturated carbocycles. The summed E-state index contributed by atoms with van der Waals surface area (Å²) in [5.41, 5.74) is 0. The molecule has 0 bridgehead atoms. The van der Waals surface area contributed by atoms with Gasteiger partial charge in [-0.2, -0.15) is 0 Å². The number of nitrogens with zero attached hydrogens (tertiary/aromatic N) is 1. The number of thioether (sulfide) groups is 1. The Hall–Kier alpha value is -1.03. The molecular weight excluding hydrogens is 223 g/mol. The van der Waals surface area contributed by atoms with Crippen molar-refractivity contribution in [1.29, 1.82) is 5.41 Å². The topological polar surface area (TPSA) is 27.1 Å². The van der Waals surface area contributed by atoms with Gasteiger partial charge in [0.15, 0.2) is 0 Å². The van der Waals surface area contributed by atoms with E-state index in [9.17, 15) is 4.39 Å². The van der Waals surface area contributed by atoms with Crippen LogP contribution in [0, 0.1) is 11.2 Å². The van der Waals surface area contributed by atoms with E-state index in [1.807, 2.05) is 6.07 Å². The molecule has 0 amide bonds. The first-order chi connectivity index (χ1) is 7.77. The molecule has 16 heavy (non-hydrogen) atoms. The van der Waals surface area contributed by atoms with Gasteiger partial charge in [0.2, 0.25) is 0 Å². The van der Waals surface area contributed by atoms with Gasteiger partial charge in [-0.3, -0.25) is 5.41 Å². The van der Waals surface area contributed by atoms with Crippen LogP contribution in [-0.4, -0.2) is 29.6 Å². The monoisotopic (exact) mass is 238 g/mol. The van der Waals surface area contributed by atoms with Crippen LogP contribution in [0.15, 0.2) is 29.2 Å². The Bertz CT molecular complexity index is 375. The molecule has 0 aromatic heterocycles. The summed E-state index contributed by atoms with van der Waals surface area (Å²) in [7, 11) is 0. The summed E-state index contributed by atoms with van der Waals surface area (Å²) in [5, 5.41) is 7.89. The number of hydrogen-bond donors (Lipinski definition) is 1. The minimum Gasteiger partial charge on any atom is -0.360 e. The first kappa shape index (κ1) is 11.5. The van der Waals surface area contributed by atoms with Crippen molar-refractivity contribution < 1.29 is 4.39 Å². The molecule has 1 heterocycles. The van der Waals surface area contributed by atoms with Crippen LogP contribution in [0.2, 0.25) is 0 Å². The standard InChI is InChI=1S/C12H15FN2S/c13-10-5-1-2-6-11(10)16-9-12(14)15-7-3-4-8-15/h1-2,5-6,14H,3-4,7-9H2. The molecule has 0 spiro atoms. The Kier molecular flexibility index (Phi) is 3.83. The SMILES string of the molecule is N=C(CSc1ccccc1F)N1CCCC1. The van der Waals surface area contributed by atoms with Crippen LogP contribution in [0.25, 0.3) is 0 Å². The summed E-state index contributed by atoms with van der Waals surface area (Å²) < 4.78 is 13.3. The van der Waals surface area contributed by atoms with Crippen LogP contribution in [-0.2, 0) is 0 Å². The summed E-state index contributed by atoms with van der Waals surface area (Å²) in [6.45, 7) is 1.97. The van der Waals surface area contributed by atoms with Gasteiger partial charge in [-0.15, -0.1) is 11.8 Å². The lowest BCUT2D eigenvalue weighted by Crippen LogP contribution is -2.28. The molecule has 1 aromatic rings. The number of amidine groups is 1. The Balaban J connectivity index is 1.87. The zero-order valence-electron chi connectivity index (χ0n) is 9.08. The van der Waals surface area contributed by atoms with Crippen molar-refractivity contribution in [3.05, 3.63) is 30.1 Å². The fraction of sp³-hybridized carbons (Fsp3) is 0.417. The summed E-state index contributed by atoms with van der Waals surface area (Å²) in [4.78, 5) is 2.71. The Labute approximate surface area is 99.3 Å². The smallest absolute Gasteiger partial charge is 0.136 e. The van der Waals surface area contributed by atoms with Crippen molar-refractivity contribution in [3.8, 4) is 0 Å². The highest BCUT2D eigenvalue weighted by atomic mass is 32.2. The van der Waals surface area contributed by atoms with E-state index in [0.717, 1.165) is 13.1 Å². The van der Waals surface area contributed by atoms with Crippen LogP contribution in [0.3, 0.4) is 0 Å². The lowest BCUT2D eigenvalue weighted by atomic mass is 10.3. The Morgan fingerprint density at radius 1 is 1.31 bits per heavy atom. The molecule has 0 radical (unpaired) electrons. The molecule has 4 heteroatoms. The number of likely N-dealkylation sites (tertiary alicyclic amines) is 1. The number of halogens is 1. The second kappa shape index (κ2) is 5.34. The van der Waals surface area contributed by atoms with Crippen molar-refractivity contribution in [1.82, 2.24) is 4.90 Å². The molecule has 0 aliphatic carbocycles. The predicted octanol–water partition coefficient (Wildman–Crippen LogP) is 2.99. The minimum absolute atomic E-state index is 0.193. The third kappa shape index (κ3) is 2.76. The van der Waals surface area contributed by atoms with E-state index in [2.05, 4.69) is 4.90 Å². The molecule has 0 atom stereocenters. The van der Waals surface area contributed by atoms with Crippen LogP contribution >= 0.6 is 11.8 Å². The Morgan fingerprint density at radius 2 is 2.00 bits per heavy atom. The molecule has 1 fully saturated rings. The highest BCUT2D eigenvalue weighted by Crippen LogP contribution is 2.22. The van der Waals surface area contributed by atoms with Gasteiger partial charge >= 0.3 is 0 Å². The molecule has 1 saturated heterocycles. The highest BCUT2D eigenvalue weighted by Gasteiger charge is 2.15. The molecule has 1 aliphatic heterocycles. The van der Waals surface area contributed by atoms with Gasteiger partial charge in [0.05, 0.1) is 5.75 Å². The zero-order valence-corrected chi connectivity index (χ0v) is 9.89. The molecule has 0 unspecified atom stereocenters. The quantitative estimate of drug-likeness (QED) is 0.498. The lowest BCUT2D eigenvalue weighted by Gasteiger charge is -2.17. The average Bonchev–Trinajstić information content (AvgIpc) is 2.81. The fourth-order valence-corrected chi connectivity index (χ4v) is 2.64. The number of hydrogen-bond acceptors (Lipinski definition) is 2. The van der Waals surface area contributed by atoms with Gasteiger partial charge in [-0.25, -0.2) is 4.39 Å². The molecule has 1 aromatic carbocycles. The number of rotatable bonds is 3. The van der Waals surface area contributed by atoms with E-state index in [-0.39, 0.29) is 5.82 Å². The van der Waals surface area contributed by atoms with Gasteiger partial charge in [0.1, 0.15) is 11.7 Å². The van der Waals surface area contributed by atoms with Crippen molar-refractivity contribution in [3.63, 3.8) is 0 Å². The second-order valence-electron chi connectivity index (χ2n) is 3.86. The third-order valence-electron chi connectivity index (χ3n) is 2.69. The molecule has 2 nitrogen and oxygen atoms in total. The average molecular weight is 238 g/mol. The first-order valence-electron chi connectivity index (χ1n) is 5.47. The van der Waals surface area contributed by atoms with Crippen LogP contribution in [0.4, 0.5) is 4.39 Å². The summed E-state index contributed by atoms with van der Waals surface area (Å²) >= 11 is 1.40. The summed E-state index contributed by atoms with van der Waals surface area (Å²) in [6.07, 6.45) is 2.35. The lowest BCUT2D eigenvalue weighted by molar-refractivity contribution is 0.514. The van der Waals surface area contributed by atoms with Gasteiger partial charge in [-0.1, -0.05) is 12.1 Å². The number of nitrogens with one attached hydrogen (secondary N) is 1. The maximum atomic E-state index is 13.3. The number of benzene rings is 1. The van der Waals surface area contributed by atoms with Crippen molar-refractivity contribution >= 4 is 17.6 Å². The van der Waals surface area contributed by atoms with E-state index in [4.69, 9.17) is 5.41 Å². The molecule has 2 rings (SSSR count). The largest absolute Gasteiger partial charge is 0.360 e. The van der Waals surface area contributed by atoms with E-state index in [1.54, 1.807) is 12.1 Å². The maximum absolute atomic E-state index is 13.3. The van der Waals surface area contributed by atoms with E-state index in [1.165, 1.54) is 30.7 Å².